The highest BCUT2D eigenvalue weighted by atomic mass is 19.4. The van der Waals surface area contributed by atoms with Crippen LogP contribution in [0.25, 0.3) is 0 Å². The minimum atomic E-state index is -4.55. The van der Waals surface area contributed by atoms with Crippen molar-refractivity contribution in [1.82, 2.24) is 0 Å². The Balaban J connectivity index is 2.99. The van der Waals surface area contributed by atoms with E-state index in [1.165, 1.54) is 6.07 Å². The van der Waals surface area contributed by atoms with E-state index in [4.69, 9.17) is 5.11 Å². The second kappa shape index (κ2) is 5.51. The van der Waals surface area contributed by atoms with E-state index in [0.29, 0.717) is 6.07 Å². The van der Waals surface area contributed by atoms with Crippen molar-refractivity contribution < 1.29 is 23.1 Å². The molecule has 0 aliphatic heterocycles. The lowest BCUT2D eigenvalue weighted by atomic mass is 10.2. The molecule has 0 bridgehead atoms. The molecule has 0 unspecified atom stereocenters. The van der Waals surface area contributed by atoms with Crippen LogP contribution in [0.5, 0.6) is 0 Å². The zero-order valence-electron chi connectivity index (χ0n) is 9.65. The molecule has 0 fully saturated rings. The van der Waals surface area contributed by atoms with Crippen LogP contribution >= 0.6 is 0 Å². The summed E-state index contributed by atoms with van der Waals surface area (Å²) in [7, 11) is 0. The summed E-state index contributed by atoms with van der Waals surface area (Å²) < 4.78 is 37.3. The number of amides is 1. The minimum absolute atomic E-state index is 0.165. The monoisotopic (exact) mass is 274 g/mol. The molecule has 0 aliphatic carbocycles. The quantitative estimate of drug-likeness (QED) is 0.504. The number of hydrogen-bond donors (Lipinski definition) is 2. The summed E-state index contributed by atoms with van der Waals surface area (Å²) in [4.78, 5) is 21.7. The van der Waals surface area contributed by atoms with Gasteiger partial charge < -0.3 is 10.4 Å². The maximum atomic E-state index is 12.4. The Kier molecular flexibility index (Phi) is 4.26. The van der Waals surface area contributed by atoms with E-state index in [-0.39, 0.29) is 5.69 Å². The van der Waals surface area contributed by atoms with E-state index in [0.717, 1.165) is 19.1 Å². The molecule has 102 valence electrons. The number of aliphatic hydroxyl groups excluding tert-OH is 1. The molecule has 0 heterocycles. The standard InChI is InChI=1S/C11H9F3N2O3/c1-6(17)9(16-19)10(18)15-8-4-2-3-7(5-8)11(12,13)14/h2-5,17H,1H3,(H,15,18). The van der Waals surface area contributed by atoms with E-state index in [1.807, 2.05) is 5.32 Å². The number of hydrogen-bond acceptors (Lipinski definition) is 4. The van der Waals surface area contributed by atoms with Crippen LogP contribution in [0.15, 0.2) is 40.9 Å². The molecule has 1 amide bonds. The summed E-state index contributed by atoms with van der Waals surface area (Å²) >= 11 is 0. The Morgan fingerprint density at radius 2 is 2.00 bits per heavy atom. The molecule has 19 heavy (non-hydrogen) atoms. The van der Waals surface area contributed by atoms with Crippen LogP contribution < -0.4 is 5.32 Å². The molecule has 0 aromatic heterocycles. The van der Waals surface area contributed by atoms with Crippen molar-refractivity contribution in [3.05, 3.63) is 46.2 Å². The highest BCUT2D eigenvalue weighted by Gasteiger charge is 2.30. The third kappa shape index (κ3) is 3.80. The number of halogens is 3. The summed E-state index contributed by atoms with van der Waals surface area (Å²) in [5, 5.41) is 13.3. The van der Waals surface area contributed by atoms with Gasteiger partial charge in [-0.25, -0.2) is 0 Å². The summed E-state index contributed by atoms with van der Waals surface area (Å²) in [5.41, 5.74) is -1.91. The van der Waals surface area contributed by atoms with Crippen molar-refractivity contribution in [3.63, 3.8) is 0 Å². The largest absolute Gasteiger partial charge is 0.510 e. The number of nitroso groups, excluding NO2 is 1. The van der Waals surface area contributed by atoms with Crippen molar-refractivity contribution in [1.29, 1.82) is 0 Å². The van der Waals surface area contributed by atoms with E-state index in [9.17, 15) is 22.9 Å². The highest BCUT2D eigenvalue weighted by Crippen LogP contribution is 2.30. The van der Waals surface area contributed by atoms with Gasteiger partial charge in [-0.15, -0.1) is 4.91 Å². The number of aliphatic hydroxyl groups is 1. The molecule has 0 saturated carbocycles. The molecule has 1 aromatic rings. The number of benzene rings is 1. The predicted octanol–water partition coefficient (Wildman–Crippen LogP) is 3.20. The second-order valence-electron chi connectivity index (χ2n) is 3.56. The number of alkyl halides is 3. The predicted molar refractivity (Wildman–Crippen MR) is 61.2 cm³/mol. The second-order valence-corrected chi connectivity index (χ2v) is 3.56. The fraction of sp³-hybridized carbons (Fsp3) is 0.182. The fourth-order valence-corrected chi connectivity index (χ4v) is 1.24. The Morgan fingerprint density at radius 1 is 1.37 bits per heavy atom. The maximum Gasteiger partial charge on any atom is 0.416 e. The van der Waals surface area contributed by atoms with E-state index >= 15 is 0 Å². The van der Waals surface area contributed by atoms with Crippen LogP contribution in [-0.2, 0) is 11.0 Å². The van der Waals surface area contributed by atoms with E-state index in [1.54, 1.807) is 0 Å². The zero-order valence-corrected chi connectivity index (χ0v) is 9.65. The van der Waals surface area contributed by atoms with Gasteiger partial charge >= 0.3 is 6.18 Å². The number of rotatable bonds is 3. The smallest absolute Gasteiger partial charge is 0.416 e. The number of nitrogens with one attached hydrogen (secondary N) is 1. The van der Waals surface area contributed by atoms with Gasteiger partial charge in [-0.05, 0) is 30.3 Å². The van der Waals surface area contributed by atoms with Gasteiger partial charge in [0.25, 0.3) is 5.91 Å². The molecular formula is C11H9F3N2O3. The molecule has 8 heteroatoms. The molecule has 0 saturated heterocycles. The first-order valence-corrected chi connectivity index (χ1v) is 4.97. The Hall–Kier alpha value is -2.38. The fourth-order valence-electron chi connectivity index (χ4n) is 1.24. The SMILES string of the molecule is CC(O)=C(N=O)C(=O)Nc1cccc(C(F)(F)F)c1. The molecule has 1 rings (SSSR count). The Labute approximate surface area is 105 Å². The normalized spacial score (nSPS) is 12.6. The van der Waals surface area contributed by atoms with Gasteiger partial charge in [-0.2, -0.15) is 13.2 Å². The van der Waals surface area contributed by atoms with Gasteiger partial charge in [0, 0.05) is 5.69 Å². The van der Waals surface area contributed by atoms with Crippen molar-refractivity contribution >= 4 is 11.6 Å². The number of allylic oxidation sites excluding steroid dienone is 1. The van der Waals surface area contributed by atoms with Gasteiger partial charge in [-0.3, -0.25) is 4.79 Å². The van der Waals surface area contributed by atoms with Crippen molar-refractivity contribution in [2.75, 3.05) is 5.32 Å². The summed E-state index contributed by atoms with van der Waals surface area (Å²) in [5.74, 6) is -1.71. The average molecular weight is 274 g/mol. The molecule has 1 aromatic carbocycles. The Morgan fingerprint density at radius 3 is 2.47 bits per heavy atom. The summed E-state index contributed by atoms with van der Waals surface area (Å²) in [6.45, 7) is 1.06. The highest BCUT2D eigenvalue weighted by molar-refractivity contribution is 6.03. The van der Waals surface area contributed by atoms with Gasteiger partial charge in [0.05, 0.1) is 5.56 Å². The third-order valence-electron chi connectivity index (χ3n) is 2.10. The number of carbonyl (C=O) groups is 1. The van der Waals surface area contributed by atoms with Gasteiger partial charge in [-0.1, -0.05) is 6.07 Å². The number of nitrogens with zero attached hydrogens (tertiary/aromatic N) is 1. The van der Waals surface area contributed by atoms with Crippen LogP contribution in [0.2, 0.25) is 0 Å². The molecule has 0 atom stereocenters. The van der Waals surface area contributed by atoms with E-state index in [2.05, 4.69) is 5.18 Å². The minimum Gasteiger partial charge on any atom is -0.510 e. The van der Waals surface area contributed by atoms with Crippen molar-refractivity contribution in [2.24, 2.45) is 5.18 Å². The lowest BCUT2D eigenvalue weighted by molar-refractivity contribution is -0.137. The lowest BCUT2D eigenvalue weighted by Crippen LogP contribution is -2.15. The van der Waals surface area contributed by atoms with Gasteiger partial charge in [0.2, 0.25) is 5.70 Å². The van der Waals surface area contributed by atoms with Crippen LogP contribution in [0, 0.1) is 4.91 Å². The maximum absolute atomic E-state index is 12.4. The topological polar surface area (TPSA) is 78.8 Å². The zero-order chi connectivity index (χ0) is 14.6. The number of anilines is 1. The van der Waals surface area contributed by atoms with Gasteiger partial charge in [0.15, 0.2) is 0 Å². The van der Waals surface area contributed by atoms with Crippen molar-refractivity contribution in [3.8, 4) is 0 Å². The first-order valence-electron chi connectivity index (χ1n) is 4.97. The molecule has 0 aliphatic rings. The average Bonchev–Trinajstić information content (AvgIpc) is 2.28. The van der Waals surface area contributed by atoms with Gasteiger partial charge in [0.1, 0.15) is 5.76 Å². The van der Waals surface area contributed by atoms with Crippen LogP contribution in [0.1, 0.15) is 12.5 Å². The van der Waals surface area contributed by atoms with E-state index < -0.39 is 29.1 Å². The van der Waals surface area contributed by atoms with Crippen LogP contribution in [0.4, 0.5) is 18.9 Å². The first-order chi connectivity index (χ1) is 8.75. The molecule has 0 radical (unpaired) electrons. The summed E-state index contributed by atoms with van der Waals surface area (Å²) in [6, 6.07) is 3.85. The molecule has 0 spiro atoms. The van der Waals surface area contributed by atoms with Crippen LogP contribution in [0.3, 0.4) is 0 Å². The Bertz CT molecular complexity index is 534. The van der Waals surface area contributed by atoms with Crippen molar-refractivity contribution in [2.45, 2.75) is 13.1 Å². The first kappa shape index (κ1) is 14.7. The third-order valence-corrected chi connectivity index (χ3v) is 2.10. The lowest BCUT2D eigenvalue weighted by Gasteiger charge is -2.09. The van der Waals surface area contributed by atoms with Crippen LogP contribution in [-0.4, -0.2) is 11.0 Å². The molecule has 5 nitrogen and oxygen atoms in total. The number of carbonyl (C=O) groups excluding carboxylic acids is 1. The molecular weight excluding hydrogens is 265 g/mol. The molecule has 2 N–H and O–H groups in total. The summed E-state index contributed by atoms with van der Waals surface area (Å²) in [6.07, 6.45) is -4.55.